The fourth-order valence-corrected chi connectivity index (χ4v) is 4.35. The first-order valence-corrected chi connectivity index (χ1v) is 11.4. The summed E-state index contributed by atoms with van der Waals surface area (Å²) in [5.41, 5.74) is 4.88. The lowest BCUT2D eigenvalue weighted by atomic mass is 10.1. The van der Waals surface area contributed by atoms with E-state index in [9.17, 15) is 4.79 Å². The Labute approximate surface area is 203 Å². The van der Waals surface area contributed by atoms with Crippen molar-refractivity contribution in [1.29, 1.82) is 0 Å². The fraction of sp³-hybridized carbons (Fsp3) is 0.292. The second kappa shape index (κ2) is 9.80. The first-order valence-electron chi connectivity index (χ1n) is 10.7. The van der Waals surface area contributed by atoms with Gasteiger partial charge in [-0.1, -0.05) is 11.6 Å². The molecule has 9 heteroatoms. The molecule has 1 aromatic heterocycles. The summed E-state index contributed by atoms with van der Waals surface area (Å²) in [4.78, 5) is 14.7. The number of carbonyl (C=O) groups excluding carboxylic acids is 1. The standard InChI is InChI=1S/C24H25ClN4O3S/c1-4-32-23(30)22-19-14-28(24(33)26-20-10-5-16(25)13-15(20)2)12-11-21(19)29(27-22)17-6-8-18(31-3)9-7-17/h5-10,13H,4,11-12,14H2,1-3H3,(H,26,33). The van der Waals surface area contributed by atoms with Crippen molar-refractivity contribution in [2.75, 3.05) is 25.6 Å². The van der Waals surface area contributed by atoms with Crippen molar-refractivity contribution in [3.8, 4) is 11.4 Å². The normalized spacial score (nSPS) is 12.8. The number of hydrogen-bond donors (Lipinski definition) is 1. The van der Waals surface area contributed by atoms with Gasteiger partial charge in [0.05, 0.1) is 25.1 Å². The number of esters is 1. The number of fused-ring (bicyclic) bond motifs is 1. The number of nitrogens with zero attached hydrogens (tertiary/aromatic N) is 3. The first kappa shape index (κ1) is 23.1. The monoisotopic (exact) mass is 484 g/mol. The van der Waals surface area contributed by atoms with E-state index in [4.69, 9.17) is 33.3 Å². The molecule has 1 aliphatic heterocycles. The molecule has 2 aromatic carbocycles. The number of hydrogen-bond acceptors (Lipinski definition) is 5. The Hall–Kier alpha value is -3.10. The van der Waals surface area contributed by atoms with E-state index in [1.807, 2.05) is 59.0 Å². The molecule has 0 unspecified atom stereocenters. The molecular weight excluding hydrogens is 460 g/mol. The molecule has 0 saturated heterocycles. The summed E-state index contributed by atoms with van der Waals surface area (Å²) >= 11 is 11.8. The van der Waals surface area contributed by atoms with Crippen molar-refractivity contribution >= 4 is 40.6 Å². The highest BCUT2D eigenvalue weighted by molar-refractivity contribution is 7.80. The van der Waals surface area contributed by atoms with Crippen LogP contribution in [0, 0.1) is 6.92 Å². The zero-order valence-corrected chi connectivity index (χ0v) is 20.3. The lowest BCUT2D eigenvalue weighted by Gasteiger charge is -2.30. The summed E-state index contributed by atoms with van der Waals surface area (Å²) < 4.78 is 12.4. The number of ether oxygens (including phenoxy) is 2. The third kappa shape index (κ3) is 4.82. The van der Waals surface area contributed by atoms with Crippen LogP contribution in [0.1, 0.15) is 34.2 Å². The third-order valence-electron chi connectivity index (χ3n) is 5.56. The SMILES string of the molecule is CCOC(=O)c1nn(-c2ccc(OC)cc2)c2c1CN(C(=S)Nc1ccc(Cl)cc1C)CC2. The van der Waals surface area contributed by atoms with Gasteiger partial charge in [0.2, 0.25) is 0 Å². The largest absolute Gasteiger partial charge is 0.497 e. The van der Waals surface area contributed by atoms with Crippen LogP contribution in [0.4, 0.5) is 5.69 Å². The van der Waals surface area contributed by atoms with Crippen molar-refractivity contribution < 1.29 is 14.3 Å². The Balaban J connectivity index is 1.63. The van der Waals surface area contributed by atoms with Crippen molar-refractivity contribution in [2.24, 2.45) is 0 Å². The lowest BCUT2D eigenvalue weighted by molar-refractivity contribution is 0.0517. The average Bonchev–Trinajstić information content (AvgIpc) is 3.20. The quantitative estimate of drug-likeness (QED) is 0.413. The van der Waals surface area contributed by atoms with Gasteiger partial charge in [-0.25, -0.2) is 9.48 Å². The number of methoxy groups -OCH3 is 1. The number of halogens is 1. The minimum atomic E-state index is -0.435. The number of aryl methyl sites for hydroxylation is 1. The number of nitrogens with one attached hydrogen (secondary N) is 1. The molecule has 0 saturated carbocycles. The summed E-state index contributed by atoms with van der Waals surface area (Å²) in [5.74, 6) is 0.320. The zero-order valence-electron chi connectivity index (χ0n) is 18.7. The first-order chi connectivity index (χ1) is 15.9. The van der Waals surface area contributed by atoms with Gasteiger partial charge in [0, 0.05) is 35.8 Å². The molecule has 2 heterocycles. The Kier molecular flexibility index (Phi) is 6.85. The number of anilines is 1. The predicted molar refractivity (Wildman–Crippen MR) is 133 cm³/mol. The van der Waals surface area contributed by atoms with Crippen LogP contribution in [-0.2, 0) is 17.7 Å². The Morgan fingerprint density at radius 1 is 1.24 bits per heavy atom. The van der Waals surface area contributed by atoms with Crippen molar-refractivity contribution in [3.05, 3.63) is 70.0 Å². The van der Waals surface area contributed by atoms with Crippen LogP contribution in [0.3, 0.4) is 0 Å². The summed E-state index contributed by atoms with van der Waals surface area (Å²) in [6.45, 7) is 5.18. The second-order valence-electron chi connectivity index (χ2n) is 7.67. The molecule has 0 aliphatic carbocycles. The molecule has 0 bridgehead atoms. The van der Waals surface area contributed by atoms with Gasteiger partial charge in [0.25, 0.3) is 0 Å². The topological polar surface area (TPSA) is 68.6 Å². The molecule has 4 rings (SSSR count). The van der Waals surface area contributed by atoms with Gasteiger partial charge >= 0.3 is 5.97 Å². The van der Waals surface area contributed by atoms with Gasteiger partial charge in [-0.05, 0) is 74.1 Å². The average molecular weight is 485 g/mol. The maximum Gasteiger partial charge on any atom is 0.359 e. The van der Waals surface area contributed by atoms with E-state index in [-0.39, 0.29) is 6.61 Å². The maximum absolute atomic E-state index is 12.7. The van der Waals surface area contributed by atoms with Gasteiger partial charge in [0.15, 0.2) is 10.8 Å². The van der Waals surface area contributed by atoms with Crippen molar-refractivity contribution in [1.82, 2.24) is 14.7 Å². The van der Waals surface area contributed by atoms with E-state index in [2.05, 4.69) is 10.4 Å². The van der Waals surface area contributed by atoms with E-state index in [0.29, 0.717) is 35.3 Å². The molecule has 1 N–H and O–H groups in total. The van der Waals surface area contributed by atoms with Crippen LogP contribution in [0.25, 0.3) is 5.69 Å². The smallest absolute Gasteiger partial charge is 0.359 e. The Morgan fingerprint density at radius 3 is 2.67 bits per heavy atom. The predicted octanol–water partition coefficient (Wildman–Crippen LogP) is 4.77. The second-order valence-corrected chi connectivity index (χ2v) is 8.49. The van der Waals surface area contributed by atoms with E-state index < -0.39 is 5.97 Å². The minimum Gasteiger partial charge on any atom is -0.497 e. The third-order valence-corrected chi connectivity index (χ3v) is 6.16. The van der Waals surface area contributed by atoms with Crippen LogP contribution in [0.2, 0.25) is 5.02 Å². The van der Waals surface area contributed by atoms with E-state index in [1.54, 1.807) is 14.0 Å². The summed E-state index contributed by atoms with van der Waals surface area (Å²) in [7, 11) is 1.63. The highest BCUT2D eigenvalue weighted by atomic mass is 35.5. The Bertz CT molecular complexity index is 1190. The molecule has 33 heavy (non-hydrogen) atoms. The number of rotatable bonds is 5. The molecule has 0 atom stereocenters. The van der Waals surface area contributed by atoms with Crippen LogP contribution < -0.4 is 10.1 Å². The van der Waals surface area contributed by atoms with E-state index in [0.717, 1.165) is 33.9 Å². The molecule has 172 valence electrons. The minimum absolute atomic E-state index is 0.280. The molecule has 0 amide bonds. The van der Waals surface area contributed by atoms with Gasteiger partial charge < -0.3 is 19.7 Å². The van der Waals surface area contributed by atoms with Gasteiger partial charge in [-0.3, -0.25) is 0 Å². The van der Waals surface area contributed by atoms with Gasteiger partial charge in [-0.15, -0.1) is 0 Å². The summed E-state index contributed by atoms with van der Waals surface area (Å²) in [5, 5.41) is 9.20. The fourth-order valence-electron chi connectivity index (χ4n) is 3.85. The summed E-state index contributed by atoms with van der Waals surface area (Å²) in [6, 6.07) is 13.2. The number of thiocarbonyl (C=S) groups is 1. The molecule has 0 radical (unpaired) electrons. The lowest BCUT2D eigenvalue weighted by Crippen LogP contribution is -2.39. The highest BCUT2D eigenvalue weighted by Gasteiger charge is 2.30. The van der Waals surface area contributed by atoms with E-state index >= 15 is 0 Å². The summed E-state index contributed by atoms with van der Waals surface area (Å²) in [6.07, 6.45) is 0.676. The maximum atomic E-state index is 12.7. The van der Waals surface area contributed by atoms with Crippen molar-refractivity contribution in [3.63, 3.8) is 0 Å². The molecule has 3 aromatic rings. The number of aromatic nitrogens is 2. The van der Waals surface area contributed by atoms with Gasteiger partial charge in [0.1, 0.15) is 5.75 Å². The molecular formula is C24H25ClN4O3S. The van der Waals surface area contributed by atoms with Crippen LogP contribution in [0.5, 0.6) is 5.75 Å². The highest BCUT2D eigenvalue weighted by Crippen LogP contribution is 2.28. The van der Waals surface area contributed by atoms with Crippen LogP contribution >= 0.6 is 23.8 Å². The zero-order chi connectivity index (χ0) is 23.5. The van der Waals surface area contributed by atoms with Gasteiger partial charge in [-0.2, -0.15) is 5.10 Å². The molecule has 7 nitrogen and oxygen atoms in total. The van der Waals surface area contributed by atoms with Crippen molar-refractivity contribution in [2.45, 2.75) is 26.8 Å². The number of benzene rings is 2. The van der Waals surface area contributed by atoms with E-state index in [1.165, 1.54) is 0 Å². The van der Waals surface area contributed by atoms with Crippen LogP contribution in [0.15, 0.2) is 42.5 Å². The molecule has 0 spiro atoms. The number of carbonyl (C=O) groups is 1. The Morgan fingerprint density at radius 2 is 2.00 bits per heavy atom. The van der Waals surface area contributed by atoms with Crippen LogP contribution in [-0.4, -0.2) is 46.0 Å². The molecule has 0 fully saturated rings. The molecule has 1 aliphatic rings.